The van der Waals surface area contributed by atoms with Crippen molar-refractivity contribution >= 4 is 21.5 Å². The van der Waals surface area contributed by atoms with Crippen LogP contribution >= 0.6 is 0 Å². The highest BCUT2D eigenvalue weighted by Gasteiger charge is 2.14. The number of nitrogen functional groups attached to an aromatic ring is 1. The maximum atomic E-state index is 11.4. The number of hydrogen-bond donors (Lipinski definition) is 1. The maximum absolute atomic E-state index is 11.4. The highest BCUT2D eigenvalue weighted by atomic mass is 32.2. The van der Waals surface area contributed by atoms with Crippen molar-refractivity contribution in [3.63, 3.8) is 0 Å². The Hall–Kier alpha value is -1.76. The molecule has 0 aromatic heterocycles. The number of esters is 1. The van der Waals surface area contributed by atoms with Gasteiger partial charge in [-0.1, -0.05) is 0 Å². The van der Waals surface area contributed by atoms with Crippen LogP contribution in [0, 0.1) is 0 Å². The van der Waals surface area contributed by atoms with Crippen LogP contribution in [0.2, 0.25) is 0 Å². The van der Waals surface area contributed by atoms with E-state index in [1.54, 1.807) is 0 Å². The third kappa shape index (κ3) is 4.25. The van der Waals surface area contributed by atoms with E-state index in [1.807, 2.05) is 0 Å². The normalized spacial score (nSPS) is 11.0. The predicted molar refractivity (Wildman–Crippen MR) is 67.4 cm³/mol. The van der Waals surface area contributed by atoms with Gasteiger partial charge in [-0.05, 0) is 12.1 Å². The van der Waals surface area contributed by atoms with Crippen LogP contribution in [0.3, 0.4) is 0 Å². The van der Waals surface area contributed by atoms with E-state index in [4.69, 9.17) is 10.5 Å². The number of anilines is 1. The molecule has 0 spiro atoms. The Morgan fingerprint density at radius 2 is 2.06 bits per heavy atom. The monoisotopic (exact) mass is 273 g/mol. The largest absolute Gasteiger partial charge is 0.492 e. The van der Waals surface area contributed by atoms with Crippen LogP contribution in [0.15, 0.2) is 18.2 Å². The fourth-order valence-corrected chi connectivity index (χ4v) is 1.63. The van der Waals surface area contributed by atoms with Gasteiger partial charge in [0.05, 0.1) is 12.9 Å². The first-order chi connectivity index (χ1) is 8.33. The minimum atomic E-state index is -3.12. The molecule has 100 valence electrons. The Balaban J connectivity index is 2.86. The van der Waals surface area contributed by atoms with E-state index in [2.05, 4.69) is 4.74 Å². The summed E-state index contributed by atoms with van der Waals surface area (Å²) in [5.74, 6) is -0.488. The SMILES string of the molecule is COC(=O)c1ccc(N)cc1OCCS(C)(=O)=O. The molecule has 18 heavy (non-hydrogen) atoms. The van der Waals surface area contributed by atoms with Gasteiger partial charge in [-0.2, -0.15) is 0 Å². The van der Waals surface area contributed by atoms with Crippen molar-refractivity contribution in [3.8, 4) is 5.75 Å². The summed E-state index contributed by atoms with van der Waals surface area (Å²) >= 11 is 0. The zero-order chi connectivity index (χ0) is 13.8. The first-order valence-electron chi connectivity index (χ1n) is 5.12. The van der Waals surface area contributed by atoms with Gasteiger partial charge in [0.1, 0.15) is 17.9 Å². The summed E-state index contributed by atoms with van der Waals surface area (Å²) < 4.78 is 31.8. The molecule has 0 aliphatic rings. The van der Waals surface area contributed by atoms with E-state index in [0.717, 1.165) is 6.26 Å². The van der Waals surface area contributed by atoms with Crippen molar-refractivity contribution < 1.29 is 22.7 Å². The lowest BCUT2D eigenvalue weighted by molar-refractivity contribution is 0.0596. The van der Waals surface area contributed by atoms with Crippen LogP contribution in [-0.2, 0) is 14.6 Å². The van der Waals surface area contributed by atoms with E-state index in [0.29, 0.717) is 5.69 Å². The number of sulfone groups is 1. The third-order valence-electron chi connectivity index (χ3n) is 2.12. The first-order valence-corrected chi connectivity index (χ1v) is 7.18. The van der Waals surface area contributed by atoms with Crippen LogP contribution < -0.4 is 10.5 Å². The van der Waals surface area contributed by atoms with Gasteiger partial charge >= 0.3 is 5.97 Å². The lowest BCUT2D eigenvalue weighted by atomic mass is 10.2. The second-order valence-electron chi connectivity index (χ2n) is 3.73. The van der Waals surface area contributed by atoms with Gasteiger partial charge in [0.2, 0.25) is 0 Å². The molecule has 0 saturated carbocycles. The Morgan fingerprint density at radius 3 is 2.61 bits per heavy atom. The Labute approximate surface area is 106 Å². The van der Waals surface area contributed by atoms with E-state index < -0.39 is 15.8 Å². The number of hydrogen-bond acceptors (Lipinski definition) is 6. The number of carbonyl (C=O) groups is 1. The second kappa shape index (κ2) is 5.72. The quantitative estimate of drug-likeness (QED) is 0.619. The average Bonchev–Trinajstić information content (AvgIpc) is 2.26. The van der Waals surface area contributed by atoms with Crippen LogP contribution in [-0.4, -0.2) is 40.1 Å². The lowest BCUT2D eigenvalue weighted by Gasteiger charge is -2.10. The van der Waals surface area contributed by atoms with Gasteiger partial charge in [-0.25, -0.2) is 13.2 Å². The maximum Gasteiger partial charge on any atom is 0.341 e. The topological polar surface area (TPSA) is 95.7 Å². The molecule has 1 aromatic carbocycles. The predicted octanol–water partition coefficient (Wildman–Crippen LogP) is 0.479. The van der Waals surface area contributed by atoms with Crippen molar-refractivity contribution in [2.45, 2.75) is 0 Å². The molecule has 0 aliphatic heterocycles. The molecule has 0 amide bonds. The molecular weight excluding hydrogens is 258 g/mol. The number of methoxy groups -OCH3 is 1. The summed E-state index contributed by atoms with van der Waals surface area (Å²) in [5, 5.41) is 0. The number of rotatable bonds is 5. The molecule has 0 bridgehead atoms. The van der Waals surface area contributed by atoms with E-state index >= 15 is 0 Å². The standard InChI is InChI=1S/C11H15NO5S/c1-16-11(13)9-4-3-8(12)7-10(9)17-5-6-18(2,14)15/h3-4,7H,5-6,12H2,1-2H3. The Bertz CT molecular complexity index is 538. The average molecular weight is 273 g/mol. The highest BCUT2D eigenvalue weighted by molar-refractivity contribution is 7.90. The molecule has 1 aromatic rings. The Morgan fingerprint density at radius 1 is 1.39 bits per heavy atom. The van der Waals surface area contributed by atoms with Crippen molar-refractivity contribution in [1.29, 1.82) is 0 Å². The van der Waals surface area contributed by atoms with Crippen LogP contribution in [0.25, 0.3) is 0 Å². The fourth-order valence-electron chi connectivity index (χ4n) is 1.24. The molecule has 6 nitrogen and oxygen atoms in total. The zero-order valence-corrected chi connectivity index (χ0v) is 11.0. The number of ether oxygens (including phenoxy) is 2. The summed E-state index contributed by atoms with van der Waals surface area (Å²) in [6.07, 6.45) is 1.11. The van der Waals surface area contributed by atoms with Gasteiger partial charge in [0.15, 0.2) is 9.84 Å². The van der Waals surface area contributed by atoms with Crippen molar-refractivity contribution in [2.24, 2.45) is 0 Å². The molecule has 7 heteroatoms. The molecule has 0 radical (unpaired) electrons. The van der Waals surface area contributed by atoms with Gasteiger partial charge in [0, 0.05) is 18.0 Å². The van der Waals surface area contributed by atoms with E-state index in [1.165, 1.54) is 25.3 Å². The van der Waals surface area contributed by atoms with Gasteiger partial charge in [-0.15, -0.1) is 0 Å². The molecule has 0 fully saturated rings. The smallest absolute Gasteiger partial charge is 0.341 e. The van der Waals surface area contributed by atoms with Crippen LogP contribution in [0.4, 0.5) is 5.69 Å². The Kier molecular flexibility index (Phi) is 4.55. The van der Waals surface area contributed by atoms with Crippen molar-refractivity contribution in [3.05, 3.63) is 23.8 Å². The van der Waals surface area contributed by atoms with Gasteiger partial charge < -0.3 is 15.2 Å². The van der Waals surface area contributed by atoms with Crippen LogP contribution in [0.1, 0.15) is 10.4 Å². The van der Waals surface area contributed by atoms with Crippen molar-refractivity contribution in [2.75, 3.05) is 31.5 Å². The zero-order valence-electron chi connectivity index (χ0n) is 10.2. The molecule has 0 heterocycles. The van der Waals surface area contributed by atoms with Gasteiger partial charge in [0.25, 0.3) is 0 Å². The molecule has 0 atom stereocenters. The minimum absolute atomic E-state index is 0.0493. The number of benzene rings is 1. The molecule has 0 unspecified atom stereocenters. The number of carbonyl (C=O) groups excluding carboxylic acids is 1. The third-order valence-corrected chi connectivity index (χ3v) is 3.03. The molecule has 0 saturated heterocycles. The van der Waals surface area contributed by atoms with Crippen LogP contribution in [0.5, 0.6) is 5.75 Å². The first kappa shape index (κ1) is 14.3. The minimum Gasteiger partial charge on any atom is -0.492 e. The molecular formula is C11H15NO5S. The van der Waals surface area contributed by atoms with E-state index in [9.17, 15) is 13.2 Å². The highest BCUT2D eigenvalue weighted by Crippen LogP contribution is 2.22. The lowest BCUT2D eigenvalue weighted by Crippen LogP contribution is -2.14. The number of nitrogens with two attached hydrogens (primary N) is 1. The molecule has 0 aliphatic carbocycles. The second-order valence-corrected chi connectivity index (χ2v) is 5.99. The summed E-state index contributed by atoms with van der Waals surface area (Å²) in [4.78, 5) is 11.4. The molecule has 1 rings (SSSR count). The fraction of sp³-hybridized carbons (Fsp3) is 0.364. The van der Waals surface area contributed by atoms with E-state index in [-0.39, 0.29) is 23.7 Å². The summed E-state index contributed by atoms with van der Waals surface area (Å²) in [7, 11) is -1.87. The van der Waals surface area contributed by atoms with Crippen molar-refractivity contribution in [1.82, 2.24) is 0 Å². The van der Waals surface area contributed by atoms with Gasteiger partial charge in [-0.3, -0.25) is 0 Å². The summed E-state index contributed by atoms with van der Waals surface area (Å²) in [6, 6.07) is 4.46. The molecule has 2 N–H and O–H groups in total. The summed E-state index contributed by atoms with van der Waals surface area (Å²) in [6.45, 7) is -0.0493. The summed E-state index contributed by atoms with van der Waals surface area (Å²) in [5.41, 5.74) is 6.20.